The van der Waals surface area contributed by atoms with Gasteiger partial charge in [-0.05, 0) is 77.8 Å². The largest absolute Gasteiger partial charge is 0.348 e. The molecule has 0 spiro atoms. The molecule has 3 aromatic rings. The van der Waals surface area contributed by atoms with Crippen LogP contribution in [0.25, 0.3) is 10.8 Å². The van der Waals surface area contributed by atoms with E-state index in [2.05, 4.69) is 60.8 Å². The highest BCUT2D eigenvalue weighted by Gasteiger charge is 2.26. The van der Waals surface area contributed by atoms with Crippen molar-refractivity contribution in [2.45, 2.75) is 84.2 Å². The number of amides is 1. The van der Waals surface area contributed by atoms with Gasteiger partial charge in [-0.2, -0.15) is 0 Å². The van der Waals surface area contributed by atoms with Crippen LogP contribution < -0.4 is 15.7 Å². The first-order chi connectivity index (χ1) is 18.4. The number of benzene rings is 3. The molecule has 0 heterocycles. The van der Waals surface area contributed by atoms with Crippen LogP contribution in [0.5, 0.6) is 0 Å². The van der Waals surface area contributed by atoms with Gasteiger partial charge in [0.15, 0.2) is 0 Å². The zero-order valence-electron chi connectivity index (χ0n) is 23.1. The summed E-state index contributed by atoms with van der Waals surface area (Å²) in [6.07, 6.45) is 13.2. The number of aryl methyl sites for hydroxylation is 1. The lowest BCUT2D eigenvalue weighted by atomic mass is 9.79. The van der Waals surface area contributed by atoms with Crippen molar-refractivity contribution in [1.82, 2.24) is 5.32 Å². The van der Waals surface area contributed by atoms with Crippen molar-refractivity contribution in [2.75, 3.05) is 4.90 Å². The summed E-state index contributed by atoms with van der Waals surface area (Å²) in [4.78, 5) is 14.7. The summed E-state index contributed by atoms with van der Waals surface area (Å²) in [6.45, 7) is 11.2. The summed E-state index contributed by atoms with van der Waals surface area (Å²) < 4.78 is 0. The van der Waals surface area contributed by atoms with Gasteiger partial charge in [-0.15, -0.1) is 6.42 Å². The molecule has 0 bridgehead atoms. The van der Waals surface area contributed by atoms with Crippen molar-refractivity contribution in [3.05, 3.63) is 83.1 Å². The molecule has 4 heteroatoms. The van der Waals surface area contributed by atoms with Gasteiger partial charge >= 0.3 is 0 Å². The number of terminal acetylenes is 1. The van der Waals surface area contributed by atoms with Crippen molar-refractivity contribution < 1.29 is 4.79 Å². The van der Waals surface area contributed by atoms with Crippen LogP contribution in [0.4, 0.5) is 5.69 Å². The van der Waals surface area contributed by atoms with Crippen LogP contribution >= 0.6 is 0 Å². The number of nitrogens with one attached hydrogen (secondary N) is 1. The zero-order valence-corrected chi connectivity index (χ0v) is 23.1. The van der Waals surface area contributed by atoms with Crippen molar-refractivity contribution in [1.29, 1.82) is 0 Å². The highest BCUT2D eigenvalue weighted by atomic mass is 16.1. The molecule has 3 aromatic carbocycles. The van der Waals surface area contributed by atoms with Gasteiger partial charge in [-0.1, -0.05) is 81.4 Å². The fourth-order valence-electron chi connectivity index (χ4n) is 5.89. The molecule has 1 atom stereocenters. The maximum Gasteiger partial charge on any atom is 0.220 e. The Kier molecular flexibility index (Phi) is 9.00. The molecule has 0 aliphatic heterocycles. The summed E-state index contributed by atoms with van der Waals surface area (Å²) in [5.41, 5.74) is 7.35. The third-order valence-corrected chi connectivity index (χ3v) is 8.07. The molecule has 3 nitrogen and oxygen atoms in total. The Bertz CT molecular complexity index is 1360. The zero-order chi connectivity index (χ0) is 27.2. The fraction of sp³-hybridized carbons (Fsp3) is 0.382. The predicted octanol–water partition coefficient (Wildman–Crippen LogP) is 6.80. The quantitative estimate of drug-likeness (QED) is 0.258. The lowest BCUT2D eigenvalue weighted by Gasteiger charge is -2.35. The van der Waals surface area contributed by atoms with Crippen LogP contribution in [0.1, 0.15) is 87.0 Å². The van der Waals surface area contributed by atoms with E-state index in [4.69, 9.17) is 14.3 Å². The van der Waals surface area contributed by atoms with Crippen LogP contribution in [0.3, 0.4) is 0 Å². The molecule has 0 unspecified atom stereocenters. The molecule has 1 saturated carbocycles. The molecule has 1 aliphatic carbocycles. The first kappa shape index (κ1) is 27.6. The third kappa shape index (κ3) is 5.83. The standard InChI is InChI=1S/C34H39BN2O/c1-6-25-17-20-33(23(4)21-25)37(24(5)32(7-2)36-34(38)8-3)22-30-27(26-13-10-9-11-14-26)18-19-29-28(30)15-12-16-31(29)35/h1,12,15-21,26,32H,5,7-11,13-14,22H2,2-4H3,(H,36,38)/t32-/m0/s1. The Morgan fingerprint density at radius 3 is 2.55 bits per heavy atom. The molecule has 38 heavy (non-hydrogen) atoms. The first-order valence-corrected chi connectivity index (χ1v) is 14.0. The average molecular weight is 503 g/mol. The topological polar surface area (TPSA) is 32.3 Å². The summed E-state index contributed by atoms with van der Waals surface area (Å²) in [7, 11) is 6.45. The van der Waals surface area contributed by atoms with Gasteiger partial charge in [0, 0.05) is 29.9 Å². The number of hydrogen-bond donors (Lipinski definition) is 1. The van der Waals surface area contributed by atoms with Crippen LogP contribution in [0, 0.1) is 19.3 Å². The predicted molar refractivity (Wildman–Crippen MR) is 162 cm³/mol. The van der Waals surface area contributed by atoms with E-state index in [0.29, 0.717) is 18.9 Å². The summed E-state index contributed by atoms with van der Waals surface area (Å²) in [6, 6.07) is 16.7. The van der Waals surface area contributed by atoms with Gasteiger partial charge in [0.2, 0.25) is 5.91 Å². The van der Waals surface area contributed by atoms with E-state index < -0.39 is 0 Å². The van der Waals surface area contributed by atoms with Gasteiger partial charge in [-0.3, -0.25) is 4.79 Å². The van der Waals surface area contributed by atoms with Crippen molar-refractivity contribution >= 4 is 35.7 Å². The number of nitrogens with zero attached hydrogens (tertiary/aromatic N) is 1. The van der Waals surface area contributed by atoms with Gasteiger partial charge in [0.1, 0.15) is 7.85 Å². The van der Waals surface area contributed by atoms with Crippen LogP contribution in [-0.4, -0.2) is 19.8 Å². The van der Waals surface area contributed by atoms with E-state index in [1.807, 2.05) is 31.2 Å². The smallest absolute Gasteiger partial charge is 0.220 e. The first-order valence-electron chi connectivity index (χ1n) is 14.0. The van der Waals surface area contributed by atoms with E-state index in [1.54, 1.807) is 0 Å². The third-order valence-electron chi connectivity index (χ3n) is 8.07. The minimum absolute atomic E-state index is 0.0261. The maximum atomic E-state index is 12.4. The van der Waals surface area contributed by atoms with Gasteiger partial charge in [-0.25, -0.2) is 0 Å². The lowest BCUT2D eigenvalue weighted by molar-refractivity contribution is -0.121. The number of fused-ring (bicyclic) bond motifs is 1. The van der Waals surface area contributed by atoms with E-state index in [1.165, 1.54) is 48.6 Å². The summed E-state index contributed by atoms with van der Waals surface area (Å²) in [5.74, 6) is 3.31. The molecule has 1 amide bonds. The van der Waals surface area contributed by atoms with E-state index >= 15 is 0 Å². The van der Waals surface area contributed by atoms with Crippen LogP contribution in [0.15, 0.2) is 60.8 Å². The van der Waals surface area contributed by atoms with Crippen LogP contribution in [-0.2, 0) is 11.3 Å². The fourth-order valence-corrected chi connectivity index (χ4v) is 5.89. The second-order valence-electron chi connectivity index (χ2n) is 10.5. The SMILES string of the molecule is [B]c1cccc2c(CN(C(=C)[C@H](CC)NC(=O)CC)c3ccc(C#C)cc3C)c(C3CCCCC3)ccc12. The summed E-state index contributed by atoms with van der Waals surface area (Å²) in [5, 5.41) is 5.46. The van der Waals surface area contributed by atoms with Crippen molar-refractivity contribution in [2.24, 2.45) is 0 Å². The number of rotatable bonds is 9. The molecule has 1 fully saturated rings. The monoisotopic (exact) mass is 502 g/mol. The highest BCUT2D eigenvalue weighted by molar-refractivity contribution is 6.38. The number of carbonyl (C=O) groups excluding carboxylic acids is 1. The Labute approximate surface area is 230 Å². The number of carbonyl (C=O) groups is 1. The molecule has 0 aromatic heterocycles. The van der Waals surface area contributed by atoms with E-state index in [-0.39, 0.29) is 11.9 Å². The molecule has 1 N–H and O–H groups in total. The molecule has 0 saturated heterocycles. The molecular weight excluding hydrogens is 463 g/mol. The molecule has 1 aliphatic rings. The van der Waals surface area contributed by atoms with Crippen molar-refractivity contribution in [3.8, 4) is 12.3 Å². The van der Waals surface area contributed by atoms with Gasteiger partial charge < -0.3 is 10.2 Å². The number of anilines is 1. The van der Waals surface area contributed by atoms with E-state index in [0.717, 1.165) is 39.8 Å². The second kappa shape index (κ2) is 12.4. The Morgan fingerprint density at radius 2 is 1.89 bits per heavy atom. The van der Waals surface area contributed by atoms with Crippen LogP contribution in [0.2, 0.25) is 0 Å². The Balaban J connectivity index is 1.88. The molecule has 4 rings (SSSR count). The van der Waals surface area contributed by atoms with Gasteiger partial charge in [0.05, 0.1) is 6.04 Å². The van der Waals surface area contributed by atoms with Gasteiger partial charge in [0.25, 0.3) is 0 Å². The average Bonchev–Trinajstić information content (AvgIpc) is 2.94. The number of hydrogen-bond acceptors (Lipinski definition) is 2. The summed E-state index contributed by atoms with van der Waals surface area (Å²) >= 11 is 0. The van der Waals surface area contributed by atoms with Crippen molar-refractivity contribution in [3.63, 3.8) is 0 Å². The molecule has 2 radical (unpaired) electrons. The Morgan fingerprint density at radius 1 is 1.13 bits per heavy atom. The highest BCUT2D eigenvalue weighted by Crippen LogP contribution is 2.39. The maximum absolute atomic E-state index is 12.4. The molecule has 194 valence electrons. The normalized spacial score (nSPS) is 14.6. The minimum Gasteiger partial charge on any atom is -0.348 e. The van der Waals surface area contributed by atoms with E-state index in [9.17, 15) is 4.79 Å². The Hall–Kier alpha value is -3.45. The molecular formula is C34H39BN2O. The minimum atomic E-state index is -0.174. The lowest BCUT2D eigenvalue weighted by Crippen LogP contribution is -2.41. The second-order valence-corrected chi connectivity index (χ2v) is 10.5.